The molecule has 116 valence electrons. The van der Waals surface area contributed by atoms with Crippen molar-refractivity contribution >= 4 is 17.9 Å². The number of carbonyl (C=O) groups is 1. The molecule has 0 bridgehead atoms. The zero-order valence-electron chi connectivity index (χ0n) is 12.3. The summed E-state index contributed by atoms with van der Waals surface area (Å²) in [6.07, 6.45) is 2.16. The van der Waals surface area contributed by atoms with E-state index in [0.29, 0.717) is 17.9 Å². The molecule has 21 heavy (non-hydrogen) atoms. The van der Waals surface area contributed by atoms with Crippen LogP contribution < -0.4 is 5.73 Å². The second-order valence-corrected chi connectivity index (χ2v) is 6.47. The van der Waals surface area contributed by atoms with Crippen LogP contribution in [0.25, 0.3) is 0 Å². The minimum Gasteiger partial charge on any atom is -0.385 e. The zero-order valence-corrected chi connectivity index (χ0v) is 13.1. The highest BCUT2D eigenvalue weighted by molar-refractivity contribution is 6.30. The van der Waals surface area contributed by atoms with Crippen molar-refractivity contribution in [1.82, 2.24) is 4.90 Å². The van der Waals surface area contributed by atoms with E-state index in [2.05, 4.69) is 4.90 Å². The lowest BCUT2D eigenvalue weighted by molar-refractivity contribution is -0.110. The second-order valence-electron chi connectivity index (χ2n) is 6.03. The van der Waals surface area contributed by atoms with E-state index in [0.717, 1.165) is 31.5 Å². The molecule has 2 atom stereocenters. The predicted octanol–water partition coefficient (Wildman–Crippen LogP) is 1.79. The van der Waals surface area contributed by atoms with Crippen molar-refractivity contribution < 1.29 is 9.90 Å². The van der Waals surface area contributed by atoms with Gasteiger partial charge in [-0.05, 0) is 36.5 Å². The van der Waals surface area contributed by atoms with Crippen LogP contribution in [0.15, 0.2) is 24.3 Å². The number of likely N-dealkylation sites (tertiary alicyclic amines) is 1. The molecule has 1 heterocycles. The Morgan fingerprint density at radius 2 is 1.95 bits per heavy atom. The molecule has 1 aromatic rings. The molecule has 0 amide bonds. The van der Waals surface area contributed by atoms with Gasteiger partial charge in [-0.3, -0.25) is 0 Å². The highest BCUT2D eigenvalue weighted by Gasteiger charge is 2.34. The molecule has 1 aliphatic heterocycles. The Kier molecular flexibility index (Phi) is 5.38. The van der Waals surface area contributed by atoms with Crippen molar-refractivity contribution in [2.45, 2.75) is 31.4 Å². The van der Waals surface area contributed by atoms with Crippen LogP contribution in [0.2, 0.25) is 5.02 Å². The van der Waals surface area contributed by atoms with Crippen LogP contribution in [0.1, 0.15) is 25.3 Å². The third kappa shape index (κ3) is 4.04. The summed E-state index contributed by atoms with van der Waals surface area (Å²) in [4.78, 5) is 13.0. The SMILES string of the molecule is CC(CN1CCC(O)(c2ccc(Cl)cc2)CC1)C(N)C=O. The molecule has 2 unspecified atom stereocenters. The van der Waals surface area contributed by atoms with E-state index in [1.54, 1.807) is 0 Å². The predicted molar refractivity (Wildman–Crippen MR) is 84.2 cm³/mol. The number of piperidine rings is 1. The van der Waals surface area contributed by atoms with Crippen LogP contribution in [0.4, 0.5) is 0 Å². The minimum atomic E-state index is -0.781. The third-order valence-corrected chi connectivity index (χ3v) is 4.68. The number of aldehydes is 1. The van der Waals surface area contributed by atoms with E-state index in [1.807, 2.05) is 31.2 Å². The van der Waals surface area contributed by atoms with Gasteiger partial charge in [0, 0.05) is 24.7 Å². The van der Waals surface area contributed by atoms with Gasteiger partial charge < -0.3 is 20.5 Å². The average molecular weight is 311 g/mol. The third-order valence-electron chi connectivity index (χ3n) is 4.43. The summed E-state index contributed by atoms with van der Waals surface area (Å²) in [6, 6.07) is 6.99. The van der Waals surface area contributed by atoms with Gasteiger partial charge in [0.1, 0.15) is 6.29 Å². The maximum atomic E-state index is 10.8. The molecule has 3 N–H and O–H groups in total. The number of halogens is 1. The first-order valence-electron chi connectivity index (χ1n) is 7.36. The van der Waals surface area contributed by atoms with Gasteiger partial charge in [0.2, 0.25) is 0 Å². The first-order valence-corrected chi connectivity index (χ1v) is 7.74. The van der Waals surface area contributed by atoms with Crippen LogP contribution in [-0.4, -0.2) is 42.0 Å². The number of carbonyl (C=O) groups excluding carboxylic acids is 1. The van der Waals surface area contributed by atoms with Gasteiger partial charge in [0.25, 0.3) is 0 Å². The highest BCUT2D eigenvalue weighted by atomic mass is 35.5. The number of nitrogens with two attached hydrogens (primary N) is 1. The van der Waals surface area contributed by atoms with Gasteiger partial charge in [0.15, 0.2) is 0 Å². The van der Waals surface area contributed by atoms with Crippen molar-refractivity contribution in [2.75, 3.05) is 19.6 Å². The number of hydrogen-bond donors (Lipinski definition) is 2. The molecule has 2 rings (SSSR count). The molecule has 0 saturated carbocycles. The number of nitrogens with zero attached hydrogens (tertiary/aromatic N) is 1. The number of benzene rings is 1. The maximum absolute atomic E-state index is 10.8. The van der Waals surface area contributed by atoms with Crippen LogP contribution in [0, 0.1) is 5.92 Å². The Morgan fingerprint density at radius 1 is 1.38 bits per heavy atom. The van der Waals surface area contributed by atoms with Crippen LogP contribution in [-0.2, 0) is 10.4 Å². The zero-order chi connectivity index (χ0) is 15.5. The lowest BCUT2D eigenvalue weighted by Gasteiger charge is -2.39. The summed E-state index contributed by atoms with van der Waals surface area (Å²) in [7, 11) is 0. The van der Waals surface area contributed by atoms with Gasteiger partial charge in [-0.15, -0.1) is 0 Å². The summed E-state index contributed by atoms with van der Waals surface area (Å²) in [5.41, 5.74) is 5.88. The summed E-state index contributed by atoms with van der Waals surface area (Å²) >= 11 is 5.89. The summed E-state index contributed by atoms with van der Waals surface area (Å²) < 4.78 is 0. The van der Waals surface area contributed by atoms with Gasteiger partial charge >= 0.3 is 0 Å². The number of aliphatic hydroxyl groups is 1. The van der Waals surface area contributed by atoms with Crippen molar-refractivity contribution in [3.05, 3.63) is 34.9 Å². The molecule has 0 aromatic heterocycles. The Balaban J connectivity index is 1.93. The molecule has 4 nitrogen and oxygen atoms in total. The lowest BCUT2D eigenvalue weighted by Crippen LogP contribution is -2.46. The quantitative estimate of drug-likeness (QED) is 0.814. The first kappa shape index (κ1) is 16.4. The van der Waals surface area contributed by atoms with E-state index in [1.165, 1.54) is 0 Å². The maximum Gasteiger partial charge on any atom is 0.137 e. The molecule has 1 aliphatic rings. The molecule has 1 saturated heterocycles. The number of hydrogen-bond acceptors (Lipinski definition) is 4. The van der Waals surface area contributed by atoms with Gasteiger partial charge in [0.05, 0.1) is 11.6 Å². The van der Waals surface area contributed by atoms with Crippen LogP contribution in [0.5, 0.6) is 0 Å². The van der Waals surface area contributed by atoms with Crippen molar-refractivity contribution in [1.29, 1.82) is 0 Å². The fraction of sp³-hybridized carbons (Fsp3) is 0.562. The van der Waals surface area contributed by atoms with E-state index in [-0.39, 0.29) is 5.92 Å². The van der Waals surface area contributed by atoms with E-state index >= 15 is 0 Å². The molecule has 0 aliphatic carbocycles. The van der Waals surface area contributed by atoms with Crippen LogP contribution >= 0.6 is 11.6 Å². The second kappa shape index (κ2) is 6.88. The summed E-state index contributed by atoms with van der Waals surface area (Å²) in [5, 5.41) is 11.5. The van der Waals surface area contributed by atoms with E-state index < -0.39 is 11.6 Å². The van der Waals surface area contributed by atoms with Crippen LogP contribution in [0.3, 0.4) is 0 Å². The summed E-state index contributed by atoms with van der Waals surface area (Å²) in [5.74, 6) is 0.129. The van der Waals surface area contributed by atoms with Gasteiger partial charge in [-0.2, -0.15) is 0 Å². The lowest BCUT2D eigenvalue weighted by atomic mass is 9.84. The molecule has 1 aromatic carbocycles. The first-order chi connectivity index (χ1) is 9.94. The van der Waals surface area contributed by atoms with Gasteiger partial charge in [-0.1, -0.05) is 30.7 Å². The molecular weight excluding hydrogens is 288 g/mol. The highest BCUT2D eigenvalue weighted by Crippen LogP contribution is 2.33. The van der Waals surface area contributed by atoms with E-state index in [9.17, 15) is 9.90 Å². The fourth-order valence-corrected chi connectivity index (χ4v) is 2.94. The Hall–Kier alpha value is -0.940. The smallest absolute Gasteiger partial charge is 0.137 e. The van der Waals surface area contributed by atoms with E-state index in [4.69, 9.17) is 17.3 Å². The van der Waals surface area contributed by atoms with Gasteiger partial charge in [-0.25, -0.2) is 0 Å². The van der Waals surface area contributed by atoms with Crippen molar-refractivity contribution in [3.8, 4) is 0 Å². The minimum absolute atomic E-state index is 0.129. The monoisotopic (exact) mass is 310 g/mol. The fourth-order valence-electron chi connectivity index (χ4n) is 2.82. The standard InChI is InChI=1S/C16H23ClN2O2/c1-12(15(18)11-20)10-19-8-6-16(21,7-9-19)13-2-4-14(17)5-3-13/h2-5,11-12,15,21H,6-10,18H2,1H3. The molecule has 1 fully saturated rings. The molecule has 5 heteroatoms. The molecule has 0 spiro atoms. The van der Waals surface area contributed by atoms with Crippen molar-refractivity contribution in [2.24, 2.45) is 11.7 Å². The largest absolute Gasteiger partial charge is 0.385 e. The number of rotatable bonds is 5. The molecular formula is C16H23ClN2O2. The average Bonchev–Trinajstić information content (AvgIpc) is 2.49. The molecule has 0 radical (unpaired) electrons. The Morgan fingerprint density at radius 3 is 2.48 bits per heavy atom. The van der Waals surface area contributed by atoms with Crippen molar-refractivity contribution in [3.63, 3.8) is 0 Å². The Bertz CT molecular complexity index is 470. The summed E-state index contributed by atoms with van der Waals surface area (Å²) in [6.45, 7) is 4.37. The Labute approximate surface area is 130 Å². The normalized spacial score (nSPS) is 21.7. The topological polar surface area (TPSA) is 66.6 Å².